The van der Waals surface area contributed by atoms with E-state index in [4.69, 9.17) is 5.73 Å². The average molecular weight is 205 g/mol. The Balaban J connectivity index is 2.29. The molecule has 0 aromatic heterocycles. The van der Waals surface area contributed by atoms with Crippen LogP contribution in [0.2, 0.25) is 0 Å². The van der Waals surface area contributed by atoms with E-state index < -0.39 is 5.60 Å². The van der Waals surface area contributed by atoms with E-state index in [0.29, 0.717) is 13.0 Å². The van der Waals surface area contributed by atoms with Crippen LogP contribution in [0.4, 0.5) is 0 Å². The molecule has 0 radical (unpaired) electrons. The number of aliphatic hydroxyl groups is 1. The third-order valence-corrected chi connectivity index (χ3v) is 3.35. The summed E-state index contributed by atoms with van der Waals surface area (Å²) in [6.45, 7) is 2.36. The van der Waals surface area contributed by atoms with E-state index in [1.165, 1.54) is 24.0 Å². The second kappa shape index (κ2) is 3.95. The first kappa shape index (κ1) is 10.7. The van der Waals surface area contributed by atoms with Crippen molar-refractivity contribution in [3.8, 4) is 0 Å². The van der Waals surface area contributed by atoms with Crippen molar-refractivity contribution in [2.24, 2.45) is 5.73 Å². The van der Waals surface area contributed by atoms with Gasteiger partial charge in [-0.25, -0.2) is 0 Å². The van der Waals surface area contributed by atoms with Crippen LogP contribution in [-0.4, -0.2) is 11.7 Å². The highest BCUT2D eigenvalue weighted by atomic mass is 16.3. The highest BCUT2D eigenvalue weighted by molar-refractivity contribution is 5.37. The Kier molecular flexibility index (Phi) is 2.81. The molecule has 3 N–H and O–H groups in total. The van der Waals surface area contributed by atoms with Crippen molar-refractivity contribution in [3.63, 3.8) is 0 Å². The van der Waals surface area contributed by atoms with E-state index >= 15 is 0 Å². The number of benzene rings is 1. The van der Waals surface area contributed by atoms with E-state index in [9.17, 15) is 5.11 Å². The Morgan fingerprint density at radius 1 is 1.33 bits per heavy atom. The third-order valence-electron chi connectivity index (χ3n) is 3.35. The first-order chi connectivity index (χ1) is 7.13. The lowest BCUT2D eigenvalue weighted by molar-refractivity contribution is 0.0503. The van der Waals surface area contributed by atoms with Gasteiger partial charge in [0.1, 0.15) is 0 Å². The molecular weight excluding hydrogens is 186 g/mol. The van der Waals surface area contributed by atoms with Crippen molar-refractivity contribution in [1.82, 2.24) is 0 Å². The van der Waals surface area contributed by atoms with Crippen molar-refractivity contribution in [3.05, 3.63) is 34.9 Å². The van der Waals surface area contributed by atoms with Crippen LogP contribution in [0.5, 0.6) is 0 Å². The lowest BCUT2D eigenvalue weighted by atomic mass is 9.90. The molecule has 1 aromatic carbocycles. The molecule has 1 aliphatic rings. The third kappa shape index (κ3) is 2.06. The maximum absolute atomic E-state index is 10.2. The van der Waals surface area contributed by atoms with Gasteiger partial charge < -0.3 is 10.8 Å². The molecule has 15 heavy (non-hydrogen) atoms. The van der Waals surface area contributed by atoms with Gasteiger partial charge in [0.2, 0.25) is 0 Å². The van der Waals surface area contributed by atoms with Gasteiger partial charge in [0.05, 0.1) is 5.60 Å². The van der Waals surface area contributed by atoms with Gasteiger partial charge >= 0.3 is 0 Å². The van der Waals surface area contributed by atoms with Crippen molar-refractivity contribution in [1.29, 1.82) is 0 Å². The van der Waals surface area contributed by atoms with E-state index in [2.05, 4.69) is 12.1 Å². The molecule has 1 atom stereocenters. The minimum Gasteiger partial charge on any atom is -0.385 e. The molecule has 0 spiro atoms. The molecular formula is C13H19NO. The summed E-state index contributed by atoms with van der Waals surface area (Å²) in [6.07, 6.45) is 4.21. The van der Waals surface area contributed by atoms with Gasteiger partial charge in [-0.3, -0.25) is 0 Å². The zero-order chi connectivity index (χ0) is 10.9. The SMILES string of the molecule is CC(O)(CCN)c1ccc2c(c1)CCC2. The van der Waals surface area contributed by atoms with Gasteiger partial charge in [-0.05, 0) is 55.8 Å². The molecule has 0 amide bonds. The summed E-state index contributed by atoms with van der Waals surface area (Å²) in [5, 5.41) is 10.2. The lowest BCUT2D eigenvalue weighted by Gasteiger charge is -2.23. The molecule has 0 heterocycles. The predicted molar refractivity (Wildman–Crippen MR) is 61.7 cm³/mol. The summed E-state index contributed by atoms with van der Waals surface area (Å²) >= 11 is 0. The molecule has 2 rings (SSSR count). The fraction of sp³-hybridized carbons (Fsp3) is 0.538. The Labute approximate surface area is 91.1 Å². The Hall–Kier alpha value is -0.860. The van der Waals surface area contributed by atoms with Crippen LogP contribution in [0.15, 0.2) is 18.2 Å². The highest BCUT2D eigenvalue weighted by Crippen LogP contribution is 2.29. The number of aryl methyl sites for hydroxylation is 2. The first-order valence-corrected chi connectivity index (χ1v) is 5.68. The first-order valence-electron chi connectivity index (χ1n) is 5.68. The number of rotatable bonds is 3. The second-order valence-corrected chi connectivity index (χ2v) is 4.65. The molecule has 0 bridgehead atoms. The van der Waals surface area contributed by atoms with Crippen LogP contribution in [0.1, 0.15) is 36.5 Å². The van der Waals surface area contributed by atoms with E-state index in [1.807, 2.05) is 13.0 Å². The summed E-state index contributed by atoms with van der Waals surface area (Å²) in [7, 11) is 0. The van der Waals surface area contributed by atoms with E-state index in [-0.39, 0.29) is 0 Å². The summed E-state index contributed by atoms with van der Waals surface area (Å²) < 4.78 is 0. The quantitative estimate of drug-likeness (QED) is 0.789. The van der Waals surface area contributed by atoms with Gasteiger partial charge in [-0.1, -0.05) is 18.2 Å². The summed E-state index contributed by atoms with van der Waals surface area (Å²) in [5.41, 5.74) is 8.60. The molecule has 0 saturated carbocycles. The van der Waals surface area contributed by atoms with Crippen molar-refractivity contribution >= 4 is 0 Å². The standard InChI is InChI=1S/C13H19NO/c1-13(15,7-8-14)12-6-5-10-3-2-4-11(10)9-12/h5-6,9,15H,2-4,7-8,14H2,1H3. The highest BCUT2D eigenvalue weighted by Gasteiger charge is 2.23. The summed E-state index contributed by atoms with van der Waals surface area (Å²) in [4.78, 5) is 0. The fourth-order valence-electron chi connectivity index (χ4n) is 2.33. The summed E-state index contributed by atoms with van der Waals surface area (Å²) in [6, 6.07) is 6.35. The van der Waals surface area contributed by atoms with Gasteiger partial charge in [0, 0.05) is 0 Å². The molecule has 0 fully saturated rings. The van der Waals surface area contributed by atoms with Gasteiger partial charge in [-0.2, -0.15) is 0 Å². The van der Waals surface area contributed by atoms with Crippen molar-refractivity contribution in [2.45, 2.75) is 38.2 Å². The Bertz CT molecular complexity index is 358. The second-order valence-electron chi connectivity index (χ2n) is 4.65. The minimum absolute atomic E-state index is 0.518. The van der Waals surface area contributed by atoms with Gasteiger partial charge in [0.15, 0.2) is 0 Å². The van der Waals surface area contributed by atoms with Gasteiger partial charge in [0.25, 0.3) is 0 Å². The van der Waals surface area contributed by atoms with Crippen LogP contribution < -0.4 is 5.73 Å². The van der Waals surface area contributed by atoms with E-state index in [0.717, 1.165) is 12.0 Å². The molecule has 2 nitrogen and oxygen atoms in total. The van der Waals surface area contributed by atoms with Crippen LogP contribution >= 0.6 is 0 Å². The molecule has 1 aliphatic carbocycles. The smallest absolute Gasteiger partial charge is 0.0880 e. The minimum atomic E-state index is -0.771. The largest absolute Gasteiger partial charge is 0.385 e. The van der Waals surface area contributed by atoms with Crippen LogP contribution in [0.3, 0.4) is 0 Å². The Morgan fingerprint density at radius 2 is 2.07 bits per heavy atom. The normalized spacial score (nSPS) is 18.6. The summed E-state index contributed by atoms with van der Waals surface area (Å²) in [5.74, 6) is 0. The van der Waals surface area contributed by atoms with Crippen molar-refractivity contribution in [2.75, 3.05) is 6.54 Å². The van der Waals surface area contributed by atoms with Crippen LogP contribution in [0.25, 0.3) is 0 Å². The van der Waals surface area contributed by atoms with Crippen LogP contribution in [0, 0.1) is 0 Å². The maximum atomic E-state index is 10.2. The van der Waals surface area contributed by atoms with Gasteiger partial charge in [-0.15, -0.1) is 0 Å². The lowest BCUT2D eigenvalue weighted by Crippen LogP contribution is -2.25. The molecule has 0 saturated heterocycles. The molecule has 82 valence electrons. The molecule has 2 heteroatoms. The topological polar surface area (TPSA) is 46.2 Å². The number of hydrogen-bond acceptors (Lipinski definition) is 2. The number of nitrogens with two attached hydrogens (primary N) is 1. The van der Waals surface area contributed by atoms with Crippen molar-refractivity contribution < 1.29 is 5.11 Å². The predicted octanol–water partition coefficient (Wildman–Crippen LogP) is 1.73. The zero-order valence-electron chi connectivity index (χ0n) is 9.29. The Morgan fingerprint density at radius 3 is 2.80 bits per heavy atom. The average Bonchev–Trinajstić information content (AvgIpc) is 2.63. The molecule has 1 unspecified atom stereocenters. The molecule has 0 aliphatic heterocycles. The number of hydrogen-bond donors (Lipinski definition) is 2. The van der Waals surface area contributed by atoms with Crippen LogP contribution in [-0.2, 0) is 18.4 Å². The monoisotopic (exact) mass is 205 g/mol. The maximum Gasteiger partial charge on any atom is 0.0880 e. The zero-order valence-corrected chi connectivity index (χ0v) is 9.29. The number of fused-ring (bicyclic) bond motifs is 1. The fourth-order valence-corrected chi connectivity index (χ4v) is 2.33. The van der Waals surface area contributed by atoms with E-state index in [1.54, 1.807) is 0 Å². The molecule has 1 aromatic rings.